The summed E-state index contributed by atoms with van der Waals surface area (Å²) < 4.78 is 5.81. The van der Waals surface area contributed by atoms with Gasteiger partial charge in [0.2, 0.25) is 0 Å². The SMILES string of the molecule is NCCCCO[C@H]1CC(NCC2=CC=C(O)[C@H](O)C2)CC[C@H]1O. The summed E-state index contributed by atoms with van der Waals surface area (Å²) in [5.41, 5.74) is 6.54. The first kappa shape index (κ1) is 18.4. The zero-order valence-corrected chi connectivity index (χ0v) is 13.7. The zero-order valence-electron chi connectivity index (χ0n) is 13.7. The van der Waals surface area contributed by atoms with Gasteiger partial charge in [0.1, 0.15) is 11.9 Å². The molecule has 0 aromatic heterocycles. The number of hydrogen-bond acceptors (Lipinski definition) is 6. The molecule has 0 aliphatic heterocycles. The second-order valence-electron chi connectivity index (χ2n) is 6.50. The predicted octanol–water partition coefficient (Wildman–Crippen LogP) is 0.746. The van der Waals surface area contributed by atoms with Gasteiger partial charge in [0.15, 0.2) is 0 Å². The van der Waals surface area contributed by atoms with Crippen molar-refractivity contribution in [2.75, 3.05) is 19.7 Å². The maximum absolute atomic E-state index is 10.1. The fraction of sp³-hybridized carbons (Fsp3) is 0.765. The molecule has 4 atom stereocenters. The van der Waals surface area contributed by atoms with E-state index < -0.39 is 6.10 Å². The summed E-state index contributed by atoms with van der Waals surface area (Å²) in [4.78, 5) is 0. The summed E-state index contributed by atoms with van der Waals surface area (Å²) in [6, 6.07) is 0.301. The minimum atomic E-state index is -0.788. The van der Waals surface area contributed by atoms with Gasteiger partial charge in [0, 0.05) is 25.6 Å². The standard InChI is InChI=1S/C17H30N2O4/c18-7-1-2-8-23-17-10-13(4-6-15(17)21)19-11-12-3-5-14(20)16(22)9-12/h3,5,13,15-17,19-22H,1-2,4,6-11,18H2/t13?,15-,16-,17+/m1/s1. The van der Waals surface area contributed by atoms with Gasteiger partial charge in [-0.05, 0) is 44.7 Å². The van der Waals surface area contributed by atoms with Crippen LogP contribution in [0.4, 0.5) is 0 Å². The van der Waals surface area contributed by atoms with Crippen molar-refractivity contribution in [1.29, 1.82) is 0 Å². The van der Waals surface area contributed by atoms with Crippen molar-refractivity contribution in [3.63, 3.8) is 0 Å². The molecule has 23 heavy (non-hydrogen) atoms. The predicted molar refractivity (Wildman–Crippen MR) is 89.1 cm³/mol. The molecule has 0 spiro atoms. The van der Waals surface area contributed by atoms with E-state index in [1.807, 2.05) is 6.08 Å². The lowest BCUT2D eigenvalue weighted by molar-refractivity contribution is -0.0659. The highest BCUT2D eigenvalue weighted by Gasteiger charge is 2.29. The molecule has 6 nitrogen and oxygen atoms in total. The molecule has 6 heteroatoms. The van der Waals surface area contributed by atoms with Crippen LogP contribution in [0.25, 0.3) is 0 Å². The van der Waals surface area contributed by atoms with Crippen molar-refractivity contribution in [2.24, 2.45) is 5.73 Å². The normalized spacial score (nSPS) is 31.6. The molecule has 0 heterocycles. The van der Waals surface area contributed by atoms with E-state index in [1.54, 1.807) is 6.08 Å². The maximum atomic E-state index is 10.1. The van der Waals surface area contributed by atoms with Crippen LogP contribution in [0.1, 0.15) is 38.5 Å². The van der Waals surface area contributed by atoms with E-state index in [4.69, 9.17) is 10.5 Å². The molecule has 0 aromatic carbocycles. The first-order valence-corrected chi connectivity index (χ1v) is 8.60. The molecule has 0 saturated heterocycles. The maximum Gasteiger partial charge on any atom is 0.121 e. The number of hydrogen-bond donors (Lipinski definition) is 5. The third-order valence-corrected chi connectivity index (χ3v) is 4.59. The van der Waals surface area contributed by atoms with Gasteiger partial charge < -0.3 is 31.1 Å². The number of aliphatic hydroxyl groups is 3. The first-order valence-electron chi connectivity index (χ1n) is 8.60. The molecular formula is C17H30N2O4. The highest BCUT2D eigenvalue weighted by Crippen LogP contribution is 2.23. The third kappa shape index (κ3) is 5.90. The Morgan fingerprint density at radius 3 is 2.78 bits per heavy atom. The van der Waals surface area contributed by atoms with Crippen molar-refractivity contribution in [1.82, 2.24) is 5.32 Å². The number of aliphatic hydroxyl groups excluding tert-OH is 3. The average molecular weight is 326 g/mol. The largest absolute Gasteiger partial charge is 0.510 e. The van der Waals surface area contributed by atoms with Crippen molar-refractivity contribution in [3.05, 3.63) is 23.5 Å². The number of allylic oxidation sites excluding steroid dienone is 2. The van der Waals surface area contributed by atoms with Crippen LogP contribution in [0, 0.1) is 0 Å². The minimum Gasteiger partial charge on any atom is -0.510 e. The molecule has 1 fully saturated rings. The molecule has 2 aliphatic carbocycles. The summed E-state index contributed by atoms with van der Waals surface area (Å²) >= 11 is 0. The Bertz CT molecular complexity index is 425. The number of ether oxygens (including phenoxy) is 1. The van der Waals surface area contributed by atoms with Gasteiger partial charge in [0.25, 0.3) is 0 Å². The van der Waals surface area contributed by atoms with Crippen LogP contribution < -0.4 is 11.1 Å². The monoisotopic (exact) mass is 326 g/mol. The smallest absolute Gasteiger partial charge is 0.121 e. The highest BCUT2D eigenvalue weighted by molar-refractivity contribution is 5.24. The Morgan fingerprint density at radius 2 is 2.04 bits per heavy atom. The summed E-state index contributed by atoms with van der Waals surface area (Å²) in [5.74, 6) is 0.0282. The second kappa shape index (κ2) is 9.39. The quantitative estimate of drug-likeness (QED) is 0.421. The lowest BCUT2D eigenvalue weighted by Gasteiger charge is -2.34. The van der Waals surface area contributed by atoms with Crippen LogP contribution in [0.3, 0.4) is 0 Å². The summed E-state index contributed by atoms with van der Waals surface area (Å²) in [6.07, 6.45) is 6.90. The lowest BCUT2D eigenvalue weighted by atomic mass is 9.90. The van der Waals surface area contributed by atoms with Gasteiger partial charge in [-0.2, -0.15) is 0 Å². The van der Waals surface area contributed by atoms with Crippen molar-refractivity contribution < 1.29 is 20.1 Å². The number of rotatable bonds is 8. The van der Waals surface area contributed by atoms with E-state index >= 15 is 0 Å². The molecule has 1 saturated carbocycles. The summed E-state index contributed by atoms with van der Waals surface area (Å²) in [6.45, 7) is 2.00. The van der Waals surface area contributed by atoms with Gasteiger partial charge in [0.05, 0.1) is 12.2 Å². The number of unbranched alkanes of at least 4 members (excludes halogenated alkanes) is 1. The molecule has 0 radical (unpaired) electrons. The Balaban J connectivity index is 1.73. The van der Waals surface area contributed by atoms with Crippen LogP contribution in [0.5, 0.6) is 0 Å². The Hall–Kier alpha value is -0.920. The van der Waals surface area contributed by atoms with Crippen molar-refractivity contribution >= 4 is 0 Å². The molecule has 0 aromatic rings. The van der Waals surface area contributed by atoms with Crippen LogP contribution in [0.15, 0.2) is 23.5 Å². The minimum absolute atomic E-state index is 0.0282. The van der Waals surface area contributed by atoms with Gasteiger partial charge in [-0.15, -0.1) is 0 Å². The molecule has 132 valence electrons. The fourth-order valence-electron chi connectivity index (χ4n) is 3.10. The summed E-state index contributed by atoms with van der Waals surface area (Å²) in [5, 5.41) is 32.6. The van der Waals surface area contributed by atoms with E-state index in [0.29, 0.717) is 32.2 Å². The fourth-order valence-corrected chi connectivity index (χ4v) is 3.10. The van der Waals surface area contributed by atoms with Gasteiger partial charge in [-0.3, -0.25) is 0 Å². The van der Waals surface area contributed by atoms with E-state index in [-0.39, 0.29) is 18.0 Å². The lowest BCUT2D eigenvalue weighted by Crippen LogP contribution is -2.44. The molecule has 0 amide bonds. The van der Waals surface area contributed by atoms with E-state index in [2.05, 4.69) is 5.32 Å². The molecule has 0 bridgehead atoms. The summed E-state index contributed by atoms with van der Waals surface area (Å²) in [7, 11) is 0. The molecule has 1 unspecified atom stereocenters. The van der Waals surface area contributed by atoms with Gasteiger partial charge >= 0.3 is 0 Å². The van der Waals surface area contributed by atoms with E-state index in [0.717, 1.165) is 37.7 Å². The van der Waals surface area contributed by atoms with Gasteiger partial charge in [-0.1, -0.05) is 11.6 Å². The molecule has 2 rings (SSSR count). The molecule has 2 aliphatic rings. The van der Waals surface area contributed by atoms with Crippen LogP contribution in [-0.4, -0.2) is 59.4 Å². The first-order chi connectivity index (χ1) is 11.1. The zero-order chi connectivity index (χ0) is 16.7. The van der Waals surface area contributed by atoms with Crippen LogP contribution in [-0.2, 0) is 4.74 Å². The molecular weight excluding hydrogens is 296 g/mol. The number of nitrogens with two attached hydrogens (primary N) is 1. The topological polar surface area (TPSA) is 108 Å². The third-order valence-electron chi connectivity index (χ3n) is 4.59. The highest BCUT2D eigenvalue weighted by atomic mass is 16.5. The second-order valence-corrected chi connectivity index (χ2v) is 6.50. The van der Waals surface area contributed by atoms with Crippen LogP contribution >= 0.6 is 0 Å². The Morgan fingerprint density at radius 1 is 1.22 bits per heavy atom. The van der Waals surface area contributed by atoms with Crippen molar-refractivity contribution in [3.8, 4) is 0 Å². The van der Waals surface area contributed by atoms with E-state index in [1.165, 1.54) is 0 Å². The molecule has 6 N–H and O–H groups in total. The van der Waals surface area contributed by atoms with Gasteiger partial charge in [-0.25, -0.2) is 0 Å². The average Bonchev–Trinajstić information content (AvgIpc) is 2.55. The number of nitrogens with one attached hydrogen (secondary N) is 1. The Labute approximate surface area is 138 Å². The van der Waals surface area contributed by atoms with Crippen molar-refractivity contribution in [2.45, 2.75) is 62.9 Å². The van der Waals surface area contributed by atoms with E-state index in [9.17, 15) is 15.3 Å². The van der Waals surface area contributed by atoms with Crippen LogP contribution in [0.2, 0.25) is 0 Å². The Kier molecular flexibility index (Phi) is 7.52.